The predicted octanol–water partition coefficient (Wildman–Crippen LogP) is 2.16. The molecule has 1 amide bonds. The minimum absolute atomic E-state index is 0.130. The van der Waals surface area contributed by atoms with Crippen LogP contribution in [-0.2, 0) is 18.9 Å². The third-order valence-corrected chi connectivity index (χ3v) is 5.78. The smallest absolute Gasteiger partial charge is 0.316 e. The normalized spacial score (nSPS) is 13.6. The third kappa shape index (κ3) is 3.93. The summed E-state index contributed by atoms with van der Waals surface area (Å²) < 4.78 is 8.36. The van der Waals surface area contributed by atoms with Crippen LogP contribution in [0.1, 0.15) is 18.4 Å². The molecule has 8 heteroatoms. The van der Waals surface area contributed by atoms with Gasteiger partial charge < -0.3 is 24.1 Å². The highest BCUT2D eigenvalue weighted by Crippen LogP contribution is 2.32. The van der Waals surface area contributed by atoms with E-state index in [9.17, 15) is 14.4 Å². The van der Waals surface area contributed by atoms with Crippen LogP contribution in [0.5, 0.6) is 5.75 Å². The van der Waals surface area contributed by atoms with Gasteiger partial charge in [0, 0.05) is 27.2 Å². The summed E-state index contributed by atoms with van der Waals surface area (Å²) in [5, 5.41) is 2.94. The fraction of sp³-hybridized carbons (Fsp3) is 0.348. The minimum atomic E-state index is -0.607. The molecule has 31 heavy (non-hydrogen) atoms. The van der Waals surface area contributed by atoms with Crippen LogP contribution in [0, 0.1) is 6.92 Å². The van der Waals surface area contributed by atoms with Crippen molar-refractivity contribution in [3.63, 3.8) is 0 Å². The molecule has 0 bridgehead atoms. The Morgan fingerprint density at radius 3 is 2.26 bits per heavy atom. The third-order valence-electron chi connectivity index (χ3n) is 5.78. The summed E-state index contributed by atoms with van der Waals surface area (Å²) in [5.41, 5.74) is 2.42. The maximum Gasteiger partial charge on any atom is 0.316 e. The van der Waals surface area contributed by atoms with Crippen molar-refractivity contribution in [1.82, 2.24) is 9.13 Å². The lowest BCUT2D eigenvalue weighted by Crippen LogP contribution is -2.39. The molecule has 0 radical (unpaired) electrons. The summed E-state index contributed by atoms with van der Waals surface area (Å²) in [6.07, 6.45) is 2.13. The van der Waals surface area contributed by atoms with Gasteiger partial charge >= 0.3 is 11.1 Å². The van der Waals surface area contributed by atoms with Crippen LogP contribution < -0.4 is 26.1 Å². The Bertz CT molecular complexity index is 1270. The van der Waals surface area contributed by atoms with Crippen LogP contribution in [-0.4, -0.2) is 34.7 Å². The second-order valence-electron chi connectivity index (χ2n) is 7.88. The largest absolute Gasteiger partial charge is 0.483 e. The number of fused-ring (bicyclic) bond motifs is 1. The molecule has 4 rings (SSSR count). The van der Waals surface area contributed by atoms with Crippen LogP contribution >= 0.6 is 0 Å². The lowest BCUT2D eigenvalue weighted by atomic mass is 10.2. The van der Waals surface area contributed by atoms with Gasteiger partial charge in [-0.2, -0.15) is 0 Å². The number of para-hydroxylation sites is 1. The van der Waals surface area contributed by atoms with Crippen molar-refractivity contribution in [3.8, 4) is 5.75 Å². The summed E-state index contributed by atoms with van der Waals surface area (Å²) in [6.45, 7) is 3.53. The summed E-state index contributed by atoms with van der Waals surface area (Å²) in [6, 6.07) is 11.2. The van der Waals surface area contributed by atoms with Crippen LogP contribution in [0.25, 0.3) is 11.0 Å². The second kappa shape index (κ2) is 8.29. The molecular formula is C23H26N4O4. The zero-order valence-electron chi connectivity index (χ0n) is 18.0. The zero-order chi connectivity index (χ0) is 22.1. The second-order valence-corrected chi connectivity index (χ2v) is 7.88. The number of nitrogens with zero attached hydrogens (tertiary/aromatic N) is 3. The van der Waals surface area contributed by atoms with Crippen molar-refractivity contribution >= 4 is 28.3 Å². The lowest BCUT2D eigenvalue weighted by molar-refractivity contribution is -0.118. The molecular weight excluding hydrogens is 396 g/mol. The Balaban J connectivity index is 1.70. The number of nitrogens with one attached hydrogen (secondary N) is 1. The van der Waals surface area contributed by atoms with Crippen LogP contribution in [0.4, 0.5) is 11.4 Å². The van der Waals surface area contributed by atoms with Gasteiger partial charge in [-0.25, -0.2) is 0 Å². The molecule has 0 atom stereocenters. The van der Waals surface area contributed by atoms with E-state index in [1.54, 1.807) is 20.2 Å². The maximum atomic E-state index is 12.7. The summed E-state index contributed by atoms with van der Waals surface area (Å²) in [7, 11) is 3.16. The van der Waals surface area contributed by atoms with E-state index in [2.05, 4.69) is 10.2 Å². The van der Waals surface area contributed by atoms with Crippen molar-refractivity contribution in [2.24, 2.45) is 14.1 Å². The highest BCUT2D eigenvalue weighted by molar-refractivity contribution is 5.99. The van der Waals surface area contributed by atoms with E-state index in [-0.39, 0.29) is 12.5 Å². The number of benzene rings is 2. The first kappa shape index (κ1) is 20.7. The van der Waals surface area contributed by atoms with E-state index < -0.39 is 11.1 Å². The Labute approximate surface area is 179 Å². The van der Waals surface area contributed by atoms with Crippen molar-refractivity contribution in [1.29, 1.82) is 0 Å². The molecule has 0 spiro atoms. The van der Waals surface area contributed by atoms with Crippen molar-refractivity contribution < 1.29 is 9.53 Å². The Kier molecular flexibility index (Phi) is 5.54. The predicted molar refractivity (Wildman–Crippen MR) is 121 cm³/mol. The standard InChI is InChI=1S/C23H26N4O4/c1-15-8-4-5-9-20(15)31-14-21(28)24-16-12-18-19(13-17(16)27-10-6-7-11-27)26(3)23(30)22(29)25(18)2/h4-5,8-9,12-13H,6-7,10-11,14H2,1-3H3,(H,24,28). The Hall–Kier alpha value is -3.55. The van der Waals surface area contributed by atoms with E-state index >= 15 is 0 Å². The minimum Gasteiger partial charge on any atom is -0.483 e. The molecule has 3 aromatic rings. The number of amides is 1. The van der Waals surface area contributed by atoms with Crippen LogP contribution in [0.15, 0.2) is 46.0 Å². The van der Waals surface area contributed by atoms with Crippen molar-refractivity contribution in [3.05, 3.63) is 62.7 Å². The number of ether oxygens (including phenoxy) is 1. The molecule has 2 heterocycles. The first-order chi connectivity index (χ1) is 14.9. The SMILES string of the molecule is Cc1ccccc1OCC(=O)Nc1cc2c(cc1N1CCCC1)n(C)c(=O)c(=O)n2C. The molecule has 0 saturated carbocycles. The summed E-state index contributed by atoms with van der Waals surface area (Å²) in [4.78, 5) is 39.4. The van der Waals surface area contributed by atoms with Gasteiger partial charge in [0.05, 0.1) is 22.4 Å². The fourth-order valence-electron chi connectivity index (χ4n) is 3.98. The Morgan fingerprint density at radius 2 is 1.61 bits per heavy atom. The molecule has 1 N–H and O–H groups in total. The van der Waals surface area contributed by atoms with Gasteiger partial charge in [-0.05, 0) is 43.5 Å². The molecule has 2 aromatic carbocycles. The van der Waals surface area contributed by atoms with Gasteiger partial charge in [-0.3, -0.25) is 14.4 Å². The van der Waals surface area contributed by atoms with Gasteiger partial charge in [0.15, 0.2) is 6.61 Å². The monoisotopic (exact) mass is 422 g/mol. The first-order valence-corrected chi connectivity index (χ1v) is 10.3. The average Bonchev–Trinajstić information content (AvgIpc) is 3.30. The number of carbonyl (C=O) groups excluding carboxylic acids is 1. The topological polar surface area (TPSA) is 85.6 Å². The molecule has 1 aromatic heterocycles. The molecule has 0 unspecified atom stereocenters. The van der Waals surface area contributed by atoms with Crippen LogP contribution in [0.2, 0.25) is 0 Å². The molecule has 8 nitrogen and oxygen atoms in total. The molecule has 1 aliphatic heterocycles. The van der Waals surface area contributed by atoms with Crippen LogP contribution in [0.3, 0.4) is 0 Å². The number of aryl methyl sites for hydroxylation is 3. The number of rotatable bonds is 5. The Morgan fingerprint density at radius 1 is 1.00 bits per heavy atom. The number of carbonyl (C=O) groups is 1. The molecule has 1 saturated heterocycles. The quantitative estimate of drug-likeness (QED) is 0.637. The zero-order valence-corrected chi connectivity index (χ0v) is 18.0. The van der Waals surface area contributed by atoms with E-state index in [1.807, 2.05) is 37.3 Å². The maximum absolute atomic E-state index is 12.7. The highest BCUT2D eigenvalue weighted by Gasteiger charge is 2.20. The van der Waals surface area contributed by atoms with E-state index in [0.29, 0.717) is 22.5 Å². The van der Waals surface area contributed by atoms with Crippen molar-refractivity contribution in [2.75, 3.05) is 29.9 Å². The summed E-state index contributed by atoms with van der Waals surface area (Å²) >= 11 is 0. The van der Waals surface area contributed by atoms with E-state index in [0.717, 1.165) is 37.2 Å². The lowest BCUT2D eigenvalue weighted by Gasteiger charge is -2.23. The number of anilines is 2. The molecule has 1 fully saturated rings. The molecule has 1 aliphatic rings. The highest BCUT2D eigenvalue weighted by atomic mass is 16.5. The van der Waals surface area contributed by atoms with Gasteiger partial charge in [0.2, 0.25) is 0 Å². The van der Waals surface area contributed by atoms with Gasteiger partial charge in [0.1, 0.15) is 5.75 Å². The van der Waals surface area contributed by atoms with E-state index in [4.69, 9.17) is 4.74 Å². The number of hydrogen-bond donors (Lipinski definition) is 1. The van der Waals surface area contributed by atoms with Gasteiger partial charge in [-0.15, -0.1) is 0 Å². The fourth-order valence-corrected chi connectivity index (χ4v) is 3.98. The van der Waals surface area contributed by atoms with E-state index in [1.165, 1.54) is 9.13 Å². The molecule has 162 valence electrons. The first-order valence-electron chi connectivity index (χ1n) is 10.3. The van der Waals surface area contributed by atoms with Gasteiger partial charge in [-0.1, -0.05) is 18.2 Å². The number of aromatic nitrogens is 2. The van der Waals surface area contributed by atoms with Gasteiger partial charge in [0.25, 0.3) is 5.91 Å². The average molecular weight is 422 g/mol. The molecule has 0 aliphatic carbocycles. The van der Waals surface area contributed by atoms with Crippen molar-refractivity contribution in [2.45, 2.75) is 19.8 Å². The number of hydrogen-bond acceptors (Lipinski definition) is 5. The summed E-state index contributed by atoms with van der Waals surface area (Å²) in [5.74, 6) is 0.367.